The molecule has 0 aliphatic heterocycles. The number of nitrogens with zero attached hydrogens (tertiary/aromatic N) is 1. The second-order valence-corrected chi connectivity index (χ2v) is 7.00. The fraction of sp³-hybridized carbons (Fsp3) is 0.786. The Hall–Kier alpha value is -0.450. The van der Waals surface area contributed by atoms with Gasteiger partial charge in [0.15, 0.2) is 0 Å². The van der Waals surface area contributed by atoms with Gasteiger partial charge in [-0.3, -0.25) is 0 Å². The first-order valence-electron chi connectivity index (χ1n) is 6.68. The molecular formula is C14H24N2OS. The van der Waals surface area contributed by atoms with Crippen molar-refractivity contribution in [2.45, 2.75) is 51.0 Å². The smallest absolute Gasteiger partial charge is 0.113 e. The lowest BCUT2D eigenvalue weighted by molar-refractivity contribution is 0.144. The minimum absolute atomic E-state index is 0.132. The first kappa shape index (κ1) is 14.0. The van der Waals surface area contributed by atoms with E-state index >= 15 is 0 Å². The van der Waals surface area contributed by atoms with E-state index in [2.05, 4.69) is 31.5 Å². The van der Waals surface area contributed by atoms with Crippen molar-refractivity contribution < 1.29 is 4.74 Å². The molecule has 1 aromatic rings. The van der Waals surface area contributed by atoms with Crippen molar-refractivity contribution in [2.75, 3.05) is 20.3 Å². The van der Waals surface area contributed by atoms with Crippen LogP contribution >= 0.6 is 11.3 Å². The van der Waals surface area contributed by atoms with Gasteiger partial charge in [-0.25, -0.2) is 4.98 Å². The van der Waals surface area contributed by atoms with Gasteiger partial charge in [-0.05, 0) is 19.3 Å². The van der Waals surface area contributed by atoms with E-state index in [1.165, 1.54) is 30.0 Å². The van der Waals surface area contributed by atoms with Crippen molar-refractivity contribution >= 4 is 11.3 Å². The molecule has 1 aliphatic carbocycles. The van der Waals surface area contributed by atoms with Crippen LogP contribution in [0.4, 0.5) is 0 Å². The molecule has 0 atom stereocenters. The Morgan fingerprint density at radius 1 is 1.44 bits per heavy atom. The lowest BCUT2D eigenvalue weighted by Gasteiger charge is -2.41. The molecule has 1 N–H and O–H groups in total. The third-order valence-electron chi connectivity index (χ3n) is 3.66. The largest absolute Gasteiger partial charge is 0.383 e. The van der Waals surface area contributed by atoms with Crippen molar-refractivity contribution in [3.63, 3.8) is 0 Å². The Morgan fingerprint density at radius 2 is 2.17 bits per heavy atom. The van der Waals surface area contributed by atoms with E-state index in [1.807, 2.05) is 0 Å². The summed E-state index contributed by atoms with van der Waals surface area (Å²) < 4.78 is 5.12. The minimum atomic E-state index is 0.132. The van der Waals surface area contributed by atoms with Crippen molar-refractivity contribution in [3.8, 4) is 0 Å². The van der Waals surface area contributed by atoms with Gasteiger partial charge in [0, 0.05) is 24.4 Å². The van der Waals surface area contributed by atoms with Crippen molar-refractivity contribution in [2.24, 2.45) is 0 Å². The monoisotopic (exact) mass is 268 g/mol. The van der Waals surface area contributed by atoms with E-state index in [4.69, 9.17) is 9.72 Å². The third kappa shape index (κ3) is 2.76. The number of nitrogens with one attached hydrogen (secondary N) is 1. The van der Waals surface area contributed by atoms with Gasteiger partial charge in [0.05, 0.1) is 17.8 Å². The lowest BCUT2D eigenvalue weighted by Crippen LogP contribution is -2.49. The maximum absolute atomic E-state index is 5.12. The van der Waals surface area contributed by atoms with Crippen LogP contribution in [0.3, 0.4) is 0 Å². The minimum Gasteiger partial charge on any atom is -0.383 e. The molecule has 1 aromatic heterocycles. The van der Waals surface area contributed by atoms with Crippen molar-refractivity contribution in [1.29, 1.82) is 0 Å². The highest BCUT2D eigenvalue weighted by atomic mass is 32.1. The number of hydrogen-bond donors (Lipinski definition) is 1. The van der Waals surface area contributed by atoms with E-state index in [-0.39, 0.29) is 11.0 Å². The summed E-state index contributed by atoms with van der Waals surface area (Å²) in [6.07, 6.45) is 3.70. The summed E-state index contributed by atoms with van der Waals surface area (Å²) in [7, 11) is 1.75. The van der Waals surface area contributed by atoms with Crippen LogP contribution in [0.15, 0.2) is 5.38 Å². The Balaban J connectivity index is 2.10. The highest BCUT2D eigenvalue weighted by Crippen LogP contribution is 2.43. The molecule has 102 valence electrons. The van der Waals surface area contributed by atoms with Gasteiger partial charge in [0.2, 0.25) is 0 Å². The van der Waals surface area contributed by atoms with Crippen LogP contribution in [-0.2, 0) is 15.7 Å². The first-order chi connectivity index (χ1) is 8.48. The summed E-state index contributed by atoms with van der Waals surface area (Å²) in [5, 5.41) is 7.11. The Labute approximate surface area is 114 Å². The standard InChI is InChI=1S/C14H24N2OS/c1-13(2,3)11-10-18-12(16-11)14(6-5-7-14)15-8-9-17-4/h10,15H,5-9H2,1-4H3. The molecule has 0 radical (unpaired) electrons. The average molecular weight is 268 g/mol. The van der Waals surface area contributed by atoms with Crippen LogP contribution in [0.25, 0.3) is 0 Å². The van der Waals surface area contributed by atoms with Crippen LogP contribution in [0.5, 0.6) is 0 Å². The average Bonchev–Trinajstić information content (AvgIpc) is 2.71. The highest BCUT2D eigenvalue weighted by molar-refractivity contribution is 7.09. The molecule has 3 nitrogen and oxygen atoms in total. The van der Waals surface area contributed by atoms with Crippen molar-refractivity contribution in [1.82, 2.24) is 10.3 Å². The van der Waals surface area contributed by atoms with Gasteiger partial charge in [-0.2, -0.15) is 0 Å². The predicted molar refractivity (Wildman–Crippen MR) is 76.2 cm³/mol. The summed E-state index contributed by atoms with van der Waals surface area (Å²) in [6.45, 7) is 8.33. The van der Waals surface area contributed by atoms with E-state index < -0.39 is 0 Å². The first-order valence-corrected chi connectivity index (χ1v) is 7.56. The molecule has 0 aromatic carbocycles. The normalized spacial score (nSPS) is 18.7. The fourth-order valence-corrected chi connectivity index (χ4v) is 3.51. The summed E-state index contributed by atoms with van der Waals surface area (Å²) in [5.41, 5.74) is 1.49. The molecule has 1 heterocycles. The van der Waals surface area contributed by atoms with Crippen LogP contribution in [0.1, 0.15) is 50.7 Å². The van der Waals surface area contributed by atoms with Crippen LogP contribution in [0, 0.1) is 0 Å². The topological polar surface area (TPSA) is 34.1 Å². The van der Waals surface area contributed by atoms with Crippen LogP contribution in [-0.4, -0.2) is 25.2 Å². The predicted octanol–water partition coefficient (Wildman–Crippen LogP) is 3.06. The number of aromatic nitrogens is 1. The summed E-state index contributed by atoms with van der Waals surface area (Å²) in [5.74, 6) is 0. The Kier molecular flexibility index (Phi) is 4.09. The molecule has 1 fully saturated rings. The second-order valence-electron chi connectivity index (χ2n) is 6.14. The van der Waals surface area contributed by atoms with E-state index in [0.29, 0.717) is 0 Å². The van der Waals surface area contributed by atoms with Crippen LogP contribution < -0.4 is 5.32 Å². The molecule has 0 amide bonds. The zero-order valence-corrected chi connectivity index (χ0v) is 12.7. The van der Waals surface area contributed by atoms with Gasteiger partial charge in [0.25, 0.3) is 0 Å². The number of ether oxygens (including phenoxy) is 1. The number of rotatable bonds is 5. The van der Waals surface area contributed by atoms with Gasteiger partial charge < -0.3 is 10.1 Å². The Bertz CT molecular complexity index is 391. The molecule has 4 heteroatoms. The van der Waals surface area contributed by atoms with Gasteiger partial charge in [-0.15, -0.1) is 11.3 Å². The summed E-state index contributed by atoms with van der Waals surface area (Å²) in [6, 6.07) is 0. The maximum atomic E-state index is 5.12. The fourth-order valence-electron chi connectivity index (χ4n) is 2.23. The number of hydrogen-bond acceptors (Lipinski definition) is 4. The third-order valence-corrected chi connectivity index (χ3v) is 4.71. The molecule has 2 rings (SSSR count). The zero-order valence-electron chi connectivity index (χ0n) is 11.9. The SMILES string of the molecule is COCCNC1(c2nc(C(C)(C)C)cs2)CCC1. The quantitative estimate of drug-likeness (QED) is 0.833. The van der Waals surface area contributed by atoms with E-state index in [9.17, 15) is 0 Å². The number of thiazole rings is 1. The zero-order chi connectivity index (χ0) is 13.2. The second kappa shape index (κ2) is 5.27. The summed E-state index contributed by atoms with van der Waals surface area (Å²) in [4.78, 5) is 4.87. The highest BCUT2D eigenvalue weighted by Gasteiger charge is 2.41. The lowest BCUT2D eigenvalue weighted by atomic mass is 9.77. The summed E-state index contributed by atoms with van der Waals surface area (Å²) >= 11 is 1.80. The molecule has 0 unspecified atom stereocenters. The van der Waals surface area contributed by atoms with E-state index in [0.717, 1.165) is 13.2 Å². The number of methoxy groups -OCH3 is 1. The molecule has 0 spiro atoms. The molecule has 0 saturated heterocycles. The van der Waals surface area contributed by atoms with Gasteiger partial charge in [0.1, 0.15) is 5.01 Å². The molecular weight excluding hydrogens is 244 g/mol. The molecule has 18 heavy (non-hydrogen) atoms. The molecule has 1 aliphatic rings. The van der Waals surface area contributed by atoms with Crippen molar-refractivity contribution in [3.05, 3.63) is 16.1 Å². The van der Waals surface area contributed by atoms with E-state index in [1.54, 1.807) is 18.4 Å². The van der Waals surface area contributed by atoms with Gasteiger partial charge >= 0.3 is 0 Å². The Morgan fingerprint density at radius 3 is 2.61 bits per heavy atom. The molecule has 1 saturated carbocycles. The maximum Gasteiger partial charge on any atom is 0.113 e. The van der Waals surface area contributed by atoms with Gasteiger partial charge in [-0.1, -0.05) is 20.8 Å². The molecule has 0 bridgehead atoms. The van der Waals surface area contributed by atoms with Crippen LogP contribution in [0.2, 0.25) is 0 Å².